The van der Waals surface area contributed by atoms with Crippen molar-refractivity contribution in [2.75, 3.05) is 19.3 Å². The van der Waals surface area contributed by atoms with Crippen molar-refractivity contribution >= 4 is 17.7 Å². The minimum absolute atomic E-state index is 0.119. The van der Waals surface area contributed by atoms with Crippen molar-refractivity contribution in [1.29, 1.82) is 0 Å². The number of nitrogens with one attached hydrogen (secondary N) is 1. The van der Waals surface area contributed by atoms with Gasteiger partial charge in [0.2, 0.25) is 5.91 Å². The first-order valence-corrected chi connectivity index (χ1v) is 8.65. The number of likely N-dealkylation sites (tertiary alicyclic amines) is 1. The summed E-state index contributed by atoms with van der Waals surface area (Å²) >= 11 is 1.41. The van der Waals surface area contributed by atoms with E-state index in [0.717, 1.165) is 25.2 Å². The minimum Gasteiger partial charge on any atom is -0.342 e. The Labute approximate surface area is 129 Å². The van der Waals surface area contributed by atoms with Gasteiger partial charge >= 0.3 is 0 Å². The Morgan fingerprint density at radius 1 is 1.52 bits per heavy atom. The predicted molar refractivity (Wildman–Crippen MR) is 84.7 cm³/mol. The van der Waals surface area contributed by atoms with Gasteiger partial charge in [0, 0.05) is 30.8 Å². The zero-order chi connectivity index (χ0) is 15.4. The van der Waals surface area contributed by atoms with E-state index in [1.165, 1.54) is 18.2 Å². The Balaban J connectivity index is 2.00. The molecule has 116 valence electrons. The van der Waals surface area contributed by atoms with Crippen LogP contribution in [0, 0.1) is 12.8 Å². The van der Waals surface area contributed by atoms with Crippen LogP contribution in [-0.4, -0.2) is 40.1 Å². The molecular formula is C15H23N3O2S. The summed E-state index contributed by atoms with van der Waals surface area (Å²) in [4.78, 5) is 33.3. The lowest BCUT2D eigenvalue weighted by atomic mass is 9.99. The molecule has 6 heteroatoms. The quantitative estimate of drug-likeness (QED) is 0.682. The summed E-state index contributed by atoms with van der Waals surface area (Å²) in [5.41, 5.74) is 1.24. The fraction of sp³-hybridized carbons (Fsp3) is 0.667. The Morgan fingerprint density at radius 3 is 2.90 bits per heavy atom. The van der Waals surface area contributed by atoms with Crippen LogP contribution >= 0.6 is 11.8 Å². The van der Waals surface area contributed by atoms with Crippen LogP contribution in [0.1, 0.15) is 37.4 Å². The number of piperidine rings is 1. The number of carbonyl (C=O) groups is 1. The number of aromatic nitrogens is 2. The van der Waals surface area contributed by atoms with E-state index in [2.05, 4.69) is 16.9 Å². The molecule has 21 heavy (non-hydrogen) atoms. The third-order valence-electron chi connectivity index (χ3n) is 3.99. The zero-order valence-corrected chi connectivity index (χ0v) is 13.8. The van der Waals surface area contributed by atoms with E-state index in [1.807, 2.05) is 18.1 Å². The summed E-state index contributed by atoms with van der Waals surface area (Å²) in [6.45, 7) is 5.71. The van der Waals surface area contributed by atoms with Gasteiger partial charge in [0.25, 0.3) is 5.56 Å². The standard InChI is InChI=1S/C15H23N3O2S/c1-10-5-4-8-18(9-10)13(19)7-6-12-11(2)16-15(21-3)17-14(12)20/h10H,4-9H2,1-3H3,(H,16,17,20). The highest BCUT2D eigenvalue weighted by Gasteiger charge is 2.21. The second-order valence-electron chi connectivity index (χ2n) is 5.73. The summed E-state index contributed by atoms with van der Waals surface area (Å²) in [5, 5.41) is 0.623. The van der Waals surface area contributed by atoms with Crippen LogP contribution in [0.15, 0.2) is 9.95 Å². The highest BCUT2D eigenvalue weighted by atomic mass is 32.2. The smallest absolute Gasteiger partial charge is 0.254 e. The van der Waals surface area contributed by atoms with Crippen LogP contribution in [0.5, 0.6) is 0 Å². The van der Waals surface area contributed by atoms with E-state index in [-0.39, 0.29) is 11.5 Å². The first-order valence-electron chi connectivity index (χ1n) is 7.42. The third kappa shape index (κ3) is 4.09. The maximum atomic E-state index is 12.3. The van der Waals surface area contributed by atoms with Crippen LogP contribution in [0.2, 0.25) is 0 Å². The summed E-state index contributed by atoms with van der Waals surface area (Å²) in [5.74, 6) is 0.727. The molecule has 0 bridgehead atoms. The number of aromatic amines is 1. The van der Waals surface area contributed by atoms with Crippen molar-refractivity contribution in [2.24, 2.45) is 5.92 Å². The molecule has 1 fully saturated rings. The molecular weight excluding hydrogens is 286 g/mol. The molecule has 1 aromatic rings. The van der Waals surface area contributed by atoms with Gasteiger partial charge in [-0.25, -0.2) is 4.98 Å². The molecule has 1 unspecified atom stereocenters. The molecule has 1 aliphatic heterocycles. The third-order valence-corrected chi connectivity index (χ3v) is 4.57. The SMILES string of the molecule is CSc1nc(C)c(CCC(=O)N2CCCC(C)C2)c(=O)[nH]1. The van der Waals surface area contributed by atoms with Gasteiger partial charge < -0.3 is 9.88 Å². The molecule has 1 aliphatic rings. The molecule has 1 saturated heterocycles. The number of hydrogen-bond acceptors (Lipinski definition) is 4. The number of nitrogens with zero attached hydrogens (tertiary/aromatic N) is 2. The van der Waals surface area contributed by atoms with Crippen molar-refractivity contribution in [1.82, 2.24) is 14.9 Å². The second kappa shape index (κ2) is 7.11. The van der Waals surface area contributed by atoms with E-state index in [9.17, 15) is 9.59 Å². The highest BCUT2D eigenvalue weighted by Crippen LogP contribution is 2.17. The summed E-state index contributed by atoms with van der Waals surface area (Å²) in [7, 11) is 0. The number of aryl methyl sites for hydroxylation is 1. The van der Waals surface area contributed by atoms with Gasteiger partial charge in [0.05, 0.1) is 0 Å². The zero-order valence-electron chi connectivity index (χ0n) is 12.9. The van der Waals surface area contributed by atoms with Crippen molar-refractivity contribution in [3.63, 3.8) is 0 Å². The molecule has 0 saturated carbocycles. The van der Waals surface area contributed by atoms with E-state index in [1.54, 1.807) is 0 Å². The topological polar surface area (TPSA) is 66.1 Å². The van der Waals surface area contributed by atoms with Crippen molar-refractivity contribution in [2.45, 2.75) is 44.7 Å². The first-order chi connectivity index (χ1) is 10.0. The Morgan fingerprint density at radius 2 is 2.29 bits per heavy atom. The Bertz CT molecular complexity index is 571. The van der Waals surface area contributed by atoms with Gasteiger partial charge in [0.15, 0.2) is 5.16 Å². The molecule has 2 rings (SSSR count). The summed E-state index contributed by atoms with van der Waals surface area (Å²) in [6.07, 6.45) is 5.00. The van der Waals surface area contributed by atoms with Crippen molar-refractivity contribution < 1.29 is 4.79 Å². The molecule has 1 amide bonds. The molecule has 5 nitrogen and oxygen atoms in total. The lowest BCUT2D eigenvalue weighted by molar-refractivity contribution is -0.132. The van der Waals surface area contributed by atoms with Crippen LogP contribution in [0.3, 0.4) is 0 Å². The molecule has 0 aliphatic carbocycles. The van der Waals surface area contributed by atoms with Gasteiger partial charge in [-0.05, 0) is 38.4 Å². The van der Waals surface area contributed by atoms with E-state index >= 15 is 0 Å². The average Bonchev–Trinajstić information content (AvgIpc) is 2.45. The number of carbonyl (C=O) groups excluding carboxylic acids is 1. The van der Waals surface area contributed by atoms with E-state index < -0.39 is 0 Å². The molecule has 0 radical (unpaired) electrons. The van der Waals surface area contributed by atoms with Gasteiger partial charge in [-0.2, -0.15) is 0 Å². The minimum atomic E-state index is -0.119. The average molecular weight is 309 g/mol. The summed E-state index contributed by atoms with van der Waals surface area (Å²) in [6, 6.07) is 0. The predicted octanol–water partition coefficient (Wildman–Crippen LogP) is 1.99. The fourth-order valence-electron chi connectivity index (χ4n) is 2.78. The molecule has 0 aromatic carbocycles. The fourth-order valence-corrected chi connectivity index (χ4v) is 3.20. The van der Waals surface area contributed by atoms with Crippen LogP contribution < -0.4 is 5.56 Å². The second-order valence-corrected chi connectivity index (χ2v) is 6.52. The van der Waals surface area contributed by atoms with E-state index in [4.69, 9.17) is 0 Å². The molecule has 1 atom stereocenters. The molecule has 1 aromatic heterocycles. The van der Waals surface area contributed by atoms with Crippen molar-refractivity contribution in [3.8, 4) is 0 Å². The lowest BCUT2D eigenvalue weighted by Gasteiger charge is -2.31. The normalized spacial score (nSPS) is 18.8. The summed E-state index contributed by atoms with van der Waals surface area (Å²) < 4.78 is 0. The molecule has 0 spiro atoms. The molecule has 1 N–H and O–H groups in total. The number of hydrogen-bond donors (Lipinski definition) is 1. The number of thioether (sulfide) groups is 1. The van der Waals surface area contributed by atoms with Crippen molar-refractivity contribution in [3.05, 3.63) is 21.6 Å². The van der Waals surface area contributed by atoms with Crippen LogP contribution in [0.4, 0.5) is 0 Å². The Hall–Kier alpha value is -1.30. The van der Waals surface area contributed by atoms with Crippen LogP contribution in [0.25, 0.3) is 0 Å². The van der Waals surface area contributed by atoms with Gasteiger partial charge in [-0.3, -0.25) is 9.59 Å². The van der Waals surface area contributed by atoms with Gasteiger partial charge in [-0.1, -0.05) is 18.7 Å². The highest BCUT2D eigenvalue weighted by molar-refractivity contribution is 7.98. The Kier molecular flexibility index (Phi) is 5.45. The number of amides is 1. The van der Waals surface area contributed by atoms with Gasteiger partial charge in [0.1, 0.15) is 0 Å². The lowest BCUT2D eigenvalue weighted by Crippen LogP contribution is -2.39. The van der Waals surface area contributed by atoms with E-state index in [0.29, 0.717) is 29.5 Å². The van der Waals surface area contributed by atoms with Crippen LogP contribution in [-0.2, 0) is 11.2 Å². The maximum absolute atomic E-state index is 12.3. The number of rotatable bonds is 4. The largest absolute Gasteiger partial charge is 0.342 e. The van der Waals surface area contributed by atoms with Gasteiger partial charge in [-0.15, -0.1) is 0 Å². The molecule has 2 heterocycles. The maximum Gasteiger partial charge on any atom is 0.254 e. The first kappa shape index (κ1) is 16.1. The number of H-pyrrole nitrogens is 1. The monoisotopic (exact) mass is 309 g/mol.